The number of aromatic nitrogens is 4. The Labute approximate surface area is 159 Å². The molecule has 1 N–H and O–H groups in total. The van der Waals surface area contributed by atoms with E-state index < -0.39 is 0 Å². The highest BCUT2D eigenvalue weighted by Gasteiger charge is 2.24. The van der Waals surface area contributed by atoms with Crippen LogP contribution in [0.4, 0.5) is 0 Å². The molecule has 2 aromatic heterocycles. The number of piperidine rings is 1. The van der Waals surface area contributed by atoms with Gasteiger partial charge in [0, 0.05) is 37.1 Å². The monoisotopic (exact) mass is 363 g/mol. The van der Waals surface area contributed by atoms with Gasteiger partial charge in [-0.25, -0.2) is 9.97 Å². The van der Waals surface area contributed by atoms with E-state index in [9.17, 15) is 0 Å². The maximum Gasteiger partial charge on any atom is 0.321 e. The summed E-state index contributed by atoms with van der Waals surface area (Å²) in [6.07, 6.45) is 8.81. The van der Waals surface area contributed by atoms with Crippen LogP contribution in [0.1, 0.15) is 42.5 Å². The number of aryl methyl sites for hydroxylation is 1. The van der Waals surface area contributed by atoms with Crippen molar-refractivity contribution in [2.75, 3.05) is 13.1 Å². The largest absolute Gasteiger partial charge is 0.424 e. The molecule has 6 heteroatoms. The summed E-state index contributed by atoms with van der Waals surface area (Å²) < 4.78 is 5.67. The molecule has 4 rings (SSSR count). The molecule has 27 heavy (non-hydrogen) atoms. The second-order valence-corrected chi connectivity index (χ2v) is 7.01. The minimum Gasteiger partial charge on any atom is -0.424 e. The fourth-order valence-corrected chi connectivity index (χ4v) is 3.76. The van der Waals surface area contributed by atoms with Crippen molar-refractivity contribution in [3.05, 3.63) is 65.7 Å². The fraction of sp³-hybridized carbons (Fsp3) is 0.381. The Morgan fingerprint density at radius 2 is 2.00 bits per heavy atom. The van der Waals surface area contributed by atoms with Gasteiger partial charge in [0.05, 0.1) is 6.20 Å². The average Bonchev–Trinajstić information content (AvgIpc) is 3.19. The maximum absolute atomic E-state index is 5.67. The summed E-state index contributed by atoms with van der Waals surface area (Å²) in [7, 11) is 0. The van der Waals surface area contributed by atoms with Crippen LogP contribution in [0.2, 0.25) is 0 Å². The summed E-state index contributed by atoms with van der Waals surface area (Å²) in [5, 5.41) is 7.49. The molecule has 0 saturated carbocycles. The van der Waals surface area contributed by atoms with Gasteiger partial charge in [-0.3, -0.25) is 10.00 Å². The molecule has 1 aliphatic rings. The Kier molecular flexibility index (Phi) is 5.44. The molecule has 0 radical (unpaired) electrons. The van der Waals surface area contributed by atoms with Crippen LogP contribution in [0, 0.1) is 0 Å². The number of likely N-dealkylation sites (tertiary alicyclic amines) is 1. The highest BCUT2D eigenvalue weighted by atomic mass is 16.5. The molecule has 1 unspecified atom stereocenters. The molecule has 0 aliphatic carbocycles. The predicted octanol–water partition coefficient (Wildman–Crippen LogP) is 3.93. The third-order valence-electron chi connectivity index (χ3n) is 5.13. The van der Waals surface area contributed by atoms with Crippen LogP contribution in [-0.2, 0) is 13.0 Å². The number of rotatable bonds is 6. The quantitative estimate of drug-likeness (QED) is 0.719. The van der Waals surface area contributed by atoms with Crippen LogP contribution in [0.3, 0.4) is 0 Å². The van der Waals surface area contributed by atoms with Gasteiger partial charge in [-0.05, 0) is 55.1 Å². The first-order valence-corrected chi connectivity index (χ1v) is 9.60. The molecular formula is C21H25N5O. The molecule has 3 heterocycles. The number of ether oxygens (including phenoxy) is 1. The Morgan fingerprint density at radius 3 is 2.78 bits per heavy atom. The molecule has 0 amide bonds. The van der Waals surface area contributed by atoms with E-state index in [1.54, 1.807) is 18.5 Å². The molecular weight excluding hydrogens is 338 g/mol. The molecule has 1 atom stereocenters. The molecule has 3 aromatic rings. The van der Waals surface area contributed by atoms with E-state index in [4.69, 9.17) is 4.74 Å². The standard InChI is InChI=1S/C21H25N5O/c1-2-17-13-24-25-20(17)18-5-3-12-26(15-18)14-16-6-8-19(9-7-16)27-21-22-10-4-11-23-21/h4,6-11,13,18H,2-3,5,12,14-15H2,1H3,(H,24,25). The number of hydrogen-bond donors (Lipinski definition) is 1. The topological polar surface area (TPSA) is 66.9 Å². The smallest absolute Gasteiger partial charge is 0.321 e. The van der Waals surface area contributed by atoms with Crippen LogP contribution in [0.5, 0.6) is 11.8 Å². The van der Waals surface area contributed by atoms with Gasteiger partial charge in [-0.2, -0.15) is 5.10 Å². The second kappa shape index (κ2) is 8.31. The maximum atomic E-state index is 5.67. The van der Waals surface area contributed by atoms with Gasteiger partial charge in [-0.1, -0.05) is 19.1 Å². The van der Waals surface area contributed by atoms with Crippen molar-refractivity contribution in [3.63, 3.8) is 0 Å². The van der Waals surface area contributed by atoms with Gasteiger partial charge in [0.1, 0.15) is 5.75 Å². The minimum atomic E-state index is 0.371. The second-order valence-electron chi connectivity index (χ2n) is 7.01. The molecule has 1 saturated heterocycles. The molecule has 140 valence electrons. The lowest BCUT2D eigenvalue weighted by atomic mass is 9.92. The molecule has 1 fully saturated rings. The zero-order valence-electron chi connectivity index (χ0n) is 15.6. The van der Waals surface area contributed by atoms with Crippen molar-refractivity contribution in [2.45, 2.75) is 38.6 Å². The number of hydrogen-bond acceptors (Lipinski definition) is 5. The average molecular weight is 363 g/mol. The zero-order chi connectivity index (χ0) is 18.5. The number of nitrogens with one attached hydrogen (secondary N) is 1. The number of benzene rings is 1. The lowest BCUT2D eigenvalue weighted by Crippen LogP contribution is -2.34. The normalized spacial score (nSPS) is 17.7. The van der Waals surface area contributed by atoms with Crippen LogP contribution < -0.4 is 4.74 Å². The van der Waals surface area contributed by atoms with Crippen LogP contribution in [0.15, 0.2) is 48.9 Å². The van der Waals surface area contributed by atoms with Gasteiger partial charge >= 0.3 is 6.01 Å². The van der Waals surface area contributed by atoms with Crippen molar-refractivity contribution in [2.24, 2.45) is 0 Å². The van der Waals surface area contributed by atoms with Crippen molar-refractivity contribution in [1.82, 2.24) is 25.1 Å². The van der Waals surface area contributed by atoms with Crippen LogP contribution in [0.25, 0.3) is 0 Å². The van der Waals surface area contributed by atoms with Crippen molar-refractivity contribution in [1.29, 1.82) is 0 Å². The number of nitrogens with zero attached hydrogens (tertiary/aromatic N) is 4. The number of H-pyrrole nitrogens is 1. The molecule has 1 aromatic carbocycles. The van der Waals surface area contributed by atoms with E-state index in [0.717, 1.165) is 31.8 Å². The highest BCUT2D eigenvalue weighted by molar-refractivity contribution is 5.29. The Morgan fingerprint density at radius 1 is 1.19 bits per heavy atom. The third kappa shape index (κ3) is 4.34. The summed E-state index contributed by atoms with van der Waals surface area (Å²) in [6.45, 7) is 5.36. The van der Waals surface area contributed by atoms with Crippen LogP contribution in [-0.4, -0.2) is 38.2 Å². The molecule has 0 bridgehead atoms. The van der Waals surface area contributed by atoms with E-state index in [1.165, 1.54) is 29.7 Å². The van der Waals surface area contributed by atoms with E-state index in [0.29, 0.717) is 11.9 Å². The zero-order valence-corrected chi connectivity index (χ0v) is 15.6. The predicted molar refractivity (Wildman–Crippen MR) is 104 cm³/mol. The highest BCUT2D eigenvalue weighted by Crippen LogP contribution is 2.29. The SMILES string of the molecule is CCc1cn[nH]c1C1CCCN(Cc2ccc(Oc3ncccn3)cc2)C1. The first-order valence-electron chi connectivity index (χ1n) is 9.60. The first kappa shape index (κ1) is 17.7. The first-order chi connectivity index (χ1) is 13.3. The van der Waals surface area contributed by atoms with E-state index in [2.05, 4.69) is 44.1 Å². The Balaban J connectivity index is 1.37. The summed E-state index contributed by atoms with van der Waals surface area (Å²) in [6, 6.07) is 10.4. The lowest BCUT2D eigenvalue weighted by molar-refractivity contribution is 0.198. The van der Waals surface area contributed by atoms with Crippen molar-refractivity contribution < 1.29 is 4.74 Å². The summed E-state index contributed by atoms with van der Waals surface area (Å²) in [5.41, 5.74) is 3.97. The third-order valence-corrected chi connectivity index (χ3v) is 5.13. The molecule has 6 nitrogen and oxygen atoms in total. The summed E-state index contributed by atoms with van der Waals surface area (Å²) >= 11 is 0. The van der Waals surface area contributed by atoms with Gasteiger partial charge in [0.2, 0.25) is 0 Å². The lowest BCUT2D eigenvalue weighted by Gasteiger charge is -2.32. The van der Waals surface area contributed by atoms with E-state index in [1.807, 2.05) is 18.3 Å². The van der Waals surface area contributed by atoms with E-state index in [-0.39, 0.29) is 0 Å². The molecule has 0 spiro atoms. The van der Waals surface area contributed by atoms with Gasteiger partial charge in [0.15, 0.2) is 0 Å². The Bertz CT molecular complexity index is 847. The minimum absolute atomic E-state index is 0.371. The Hall–Kier alpha value is -2.73. The number of aromatic amines is 1. The fourth-order valence-electron chi connectivity index (χ4n) is 3.76. The van der Waals surface area contributed by atoms with Crippen molar-refractivity contribution in [3.8, 4) is 11.8 Å². The van der Waals surface area contributed by atoms with E-state index >= 15 is 0 Å². The van der Waals surface area contributed by atoms with Crippen molar-refractivity contribution >= 4 is 0 Å². The van der Waals surface area contributed by atoms with Gasteiger partial charge in [0.25, 0.3) is 0 Å². The summed E-state index contributed by atoms with van der Waals surface area (Å²) in [4.78, 5) is 10.7. The van der Waals surface area contributed by atoms with Crippen LogP contribution >= 0.6 is 0 Å². The molecule has 1 aliphatic heterocycles. The van der Waals surface area contributed by atoms with Gasteiger partial charge in [-0.15, -0.1) is 0 Å². The summed E-state index contributed by atoms with van der Waals surface area (Å²) in [5.74, 6) is 1.31. The van der Waals surface area contributed by atoms with Gasteiger partial charge < -0.3 is 4.74 Å².